The highest BCUT2D eigenvalue weighted by Gasteiger charge is 2.39. The zero-order valence-electron chi connectivity index (χ0n) is 40.9. The summed E-state index contributed by atoms with van der Waals surface area (Å²) < 4.78 is 6.60. The third kappa shape index (κ3) is 12.0. The van der Waals surface area contributed by atoms with Gasteiger partial charge in [-0.15, -0.1) is 0 Å². The van der Waals surface area contributed by atoms with Crippen molar-refractivity contribution in [1.82, 2.24) is 29.9 Å². The van der Waals surface area contributed by atoms with E-state index in [1.165, 1.54) is 18.4 Å². The lowest BCUT2D eigenvalue weighted by Crippen LogP contribution is -2.23. The van der Waals surface area contributed by atoms with Gasteiger partial charge in [0.05, 0.1) is 12.2 Å². The van der Waals surface area contributed by atoms with E-state index in [0.29, 0.717) is 70.6 Å². The Balaban J connectivity index is 0.862. The summed E-state index contributed by atoms with van der Waals surface area (Å²) >= 11 is 0. The number of aromatic nitrogens is 6. The van der Waals surface area contributed by atoms with Gasteiger partial charge in [0.2, 0.25) is 0 Å². The van der Waals surface area contributed by atoms with Gasteiger partial charge in [-0.2, -0.15) is 0 Å². The minimum absolute atomic E-state index is 0.0800. The van der Waals surface area contributed by atoms with Gasteiger partial charge in [0.15, 0.2) is 34.9 Å². The van der Waals surface area contributed by atoms with Gasteiger partial charge in [0.1, 0.15) is 11.5 Å². The van der Waals surface area contributed by atoms with Gasteiger partial charge >= 0.3 is 0 Å². The van der Waals surface area contributed by atoms with Gasteiger partial charge < -0.3 is 9.84 Å². The molecule has 350 valence electrons. The summed E-state index contributed by atoms with van der Waals surface area (Å²) in [5, 5.41) is 11.5. The van der Waals surface area contributed by atoms with Gasteiger partial charge in [-0.25, -0.2) is 29.9 Å². The molecule has 0 saturated heterocycles. The van der Waals surface area contributed by atoms with Crippen molar-refractivity contribution in [3.63, 3.8) is 0 Å². The predicted molar refractivity (Wildman–Crippen MR) is 279 cm³/mol. The number of hydrogen-bond acceptors (Lipinski definition) is 8. The Bertz CT molecular complexity index is 2860. The lowest BCUT2D eigenvalue weighted by molar-refractivity contribution is 0.162. The highest BCUT2D eigenvalue weighted by Crippen LogP contribution is 2.48. The molecule has 0 aliphatic heterocycles. The standard InChI is InChI=1S/C61H64N6O2/c1-41-34-42(29-31-51(41)58-64-54(44-21-11-7-12-22-44)62-55(65-58)45-23-13-8-14-24-45)20-19-33-61(5,6)39-48-35-43(38-60(2,3)4)36-49(48)40-69-50-30-32-52(53(68)37-50)59-66-56(46-25-15-9-16-26-46)63-57(67-59)47-27-17-10-18-28-47/h7-18,21-32,34,37,43,48-49,68H,19-20,33,35-36,38-40H2,1-6H3. The summed E-state index contributed by atoms with van der Waals surface area (Å²) in [4.78, 5) is 29.3. The van der Waals surface area contributed by atoms with E-state index in [1.807, 2.05) is 133 Å². The molecule has 3 atom stereocenters. The second kappa shape index (κ2) is 20.7. The molecule has 0 radical (unpaired) electrons. The molecule has 1 saturated carbocycles. The highest BCUT2D eigenvalue weighted by atomic mass is 16.5. The maximum Gasteiger partial charge on any atom is 0.167 e. The van der Waals surface area contributed by atoms with Gasteiger partial charge in [0.25, 0.3) is 0 Å². The minimum Gasteiger partial charge on any atom is -0.507 e. The Morgan fingerprint density at radius 3 is 1.42 bits per heavy atom. The second-order valence-electron chi connectivity index (χ2n) is 21.1. The quantitative estimate of drug-likeness (QED) is 0.102. The van der Waals surface area contributed by atoms with Crippen molar-refractivity contribution >= 4 is 0 Å². The average molecular weight is 913 g/mol. The molecule has 1 N–H and O–H groups in total. The zero-order valence-corrected chi connectivity index (χ0v) is 40.9. The Labute approximate surface area is 408 Å². The molecule has 1 fully saturated rings. The van der Waals surface area contributed by atoms with Crippen molar-refractivity contribution in [2.24, 2.45) is 28.6 Å². The maximum absolute atomic E-state index is 11.5. The van der Waals surface area contributed by atoms with E-state index >= 15 is 0 Å². The first kappa shape index (κ1) is 47.0. The molecule has 8 heteroatoms. The fourth-order valence-corrected chi connectivity index (χ4v) is 10.4. The molecule has 8 aromatic rings. The Kier molecular flexibility index (Phi) is 14.1. The van der Waals surface area contributed by atoms with E-state index in [1.54, 1.807) is 6.07 Å². The summed E-state index contributed by atoms with van der Waals surface area (Å²) in [6.45, 7) is 14.8. The van der Waals surface area contributed by atoms with Crippen LogP contribution in [-0.2, 0) is 6.42 Å². The first-order valence-electron chi connectivity index (χ1n) is 24.6. The first-order valence-corrected chi connectivity index (χ1v) is 24.6. The number of phenols is 1. The van der Waals surface area contributed by atoms with Gasteiger partial charge in [-0.05, 0) is 104 Å². The number of hydrogen-bond donors (Lipinski definition) is 1. The molecule has 2 aromatic heterocycles. The monoisotopic (exact) mass is 913 g/mol. The summed E-state index contributed by atoms with van der Waals surface area (Å²) in [5.41, 5.74) is 8.20. The van der Waals surface area contributed by atoms with Crippen LogP contribution in [0.4, 0.5) is 0 Å². The molecule has 8 nitrogen and oxygen atoms in total. The lowest BCUT2D eigenvalue weighted by atomic mass is 9.75. The van der Waals surface area contributed by atoms with Crippen molar-refractivity contribution < 1.29 is 9.84 Å². The van der Waals surface area contributed by atoms with E-state index < -0.39 is 0 Å². The number of aromatic hydroxyl groups is 1. The van der Waals surface area contributed by atoms with Gasteiger partial charge in [0, 0.05) is 33.9 Å². The fraction of sp³-hybridized carbons (Fsp3) is 0.311. The van der Waals surface area contributed by atoms with E-state index in [2.05, 4.69) is 59.7 Å². The number of aryl methyl sites for hydroxylation is 2. The van der Waals surface area contributed by atoms with Crippen molar-refractivity contribution in [2.45, 2.75) is 86.5 Å². The van der Waals surface area contributed by atoms with E-state index in [0.717, 1.165) is 65.5 Å². The van der Waals surface area contributed by atoms with Gasteiger partial charge in [-0.1, -0.05) is 174 Å². The van der Waals surface area contributed by atoms with Crippen molar-refractivity contribution in [3.8, 4) is 79.8 Å². The first-order chi connectivity index (χ1) is 33.3. The summed E-state index contributed by atoms with van der Waals surface area (Å²) in [6.07, 6.45) is 8.01. The molecule has 0 bridgehead atoms. The van der Waals surface area contributed by atoms with Crippen LogP contribution >= 0.6 is 0 Å². The normalized spacial score (nSPS) is 16.1. The number of nitrogens with zero attached hydrogens (tertiary/aromatic N) is 6. The molecular formula is C61H64N6O2. The fourth-order valence-electron chi connectivity index (χ4n) is 10.4. The lowest BCUT2D eigenvalue weighted by Gasteiger charge is -2.31. The summed E-state index contributed by atoms with van der Waals surface area (Å²) in [6, 6.07) is 52.3. The molecule has 1 aliphatic rings. The Morgan fingerprint density at radius 2 is 0.957 bits per heavy atom. The van der Waals surface area contributed by atoms with E-state index in [-0.39, 0.29) is 16.6 Å². The summed E-state index contributed by atoms with van der Waals surface area (Å²) in [5.74, 6) is 5.94. The van der Waals surface area contributed by atoms with Crippen LogP contribution in [-0.4, -0.2) is 41.6 Å². The minimum atomic E-state index is 0.0800. The zero-order chi connectivity index (χ0) is 48.0. The number of ether oxygens (including phenoxy) is 1. The van der Waals surface area contributed by atoms with Crippen LogP contribution in [0.5, 0.6) is 11.5 Å². The Hall–Kier alpha value is -7.06. The number of phenolic OH excluding ortho intramolecular Hbond substituents is 1. The van der Waals surface area contributed by atoms with Crippen LogP contribution in [0.1, 0.15) is 84.3 Å². The molecule has 6 aromatic carbocycles. The molecule has 9 rings (SSSR count). The third-order valence-corrected chi connectivity index (χ3v) is 13.6. The maximum atomic E-state index is 11.5. The largest absolute Gasteiger partial charge is 0.507 e. The SMILES string of the molecule is Cc1cc(CCCC(C)(C)CC2CC(CC(C)(C)C)CC2COc2ccc(-c3nc(-c4ccccc4)nc(-c4ccccc4)n3)c(O)c2)ccc1-c1nc(-c2ccccc2)nc(-c2ccccc2)n1. The van der Waals surface area contributed by atoms with Crippen LogP contribution in [0, 0.1) is 35.5 Å². The highest BCUT2D eigenvalue weighted by molar-refractivity contribution is 5.71. The molecular weight excluding hydrogens is 849 g/mol. The third-order valence-electron chi connectivity index (χ3n) is 13.6. The topological polar surface area (TPSA) is 107 Å². The van der Waals surface area contributed by atoms with Crippen LogP contribution < -0.4 is 4.74 Å². The molecule has 0 amide bonds. The number of rotatable bonds is 16. The smallest absolute Gasteiger partial charge is 0.167 e. The van der Waals surface area contributed by atoms with Crippen molar-refractivity contribution in [1.29, 1.82) is 0 Å². The van der Waals surface area contributed by atoms with Crippen LogP contribution in [0.2, 0.25) is 0 Å². The van der Waals surface area contributed by atoms with E-state index in [9.17, 15) is 5.11 Å². The summed E-state index contributed by atoms with van der Waals surface area (Å²) in [7, 11) is 0. The average Bonchev–Trinajstić information content (AvgIpc) is 3.72. The van der Waals surface area contributed by atoms with Crippen molar-refractivity contribution in [2.75, 3.05) is 6.61 Å². The molecule has 3 unspecified atom stereocenters. The molecule has 69 heavy (non-hydrogen) atoms. The van der Waals surface area contributed by atoms with Crippen LogP contribution in [0.15, 0.2) is 158 Å². The molecule has 0 spiro atoms. The molecule has 1 aliphatic carbocycles. The van der Waals surface area contributed by atoms with E-state index in [4.69, 9.17) is 34.6 Å². The molecule has 2 heterocycles. The second-order valence-corrected chi connectivity index (χ2v) is 21.1. The van der Waals surface area contributed by atoms with Crippen LogP contribution in [0.25, 0.3) is 68.3 Å². The van der Waals surface area contributed by atoms with Crippen LogP contribution in [0.3, 0.4) is 0 Å². The van der Waals surface area contributed by atoms with Crippen molar-refractivity contribution in [3.05, 3.63) is 169 Å². The number of benzene rings is 6. The predicted octanol–water partition coefficient (Wildman–Crippen LogP) is 15.0. The van der Waals surface area contributed by atoms with Gasteiger partial charge in [-0.3, -0.25) is 0 Å². The Morgan fingerprint density at radius 1 is 0.507 bits per heavy atom.